The third-order valence-electron chi connectivity index (χ3n) is 3.77. The van der Waals surface area contributed by atoms with Gasteiger partial charge >= 0.3 is 0 Å². The van der Waals surface area contributed by atoms with Crippen molar-refractivity contribution >= 4 is 21.5 Å². The van der Waals surface area contributed by atoms with Gasteiger partial charge < -0.3 is 0 Å². The molecule has 0 saturated heterocycles. The van der Waals surface area contributed by atoms with Gasteiger partial charge in [-0.1, -0.05) is 60.7 Å². The molecule has 0 unspecified atom stereocenters. The second kappa shape index (κ2) is 4.50. The fourth-order valence-corrected chi connectivity index (χ4v) is 2.68. The van der Waals surface area contributed by atoms with E-state index in [1.807, 2.05) is 12.1 Å². The molecule has 1 radical (unpaired) electrons. The summed E-state index contributed by atoms with van der Waals surface area (Å²) in [5.41, 5.74) is 2.51. The van der Waals surface area contributed by atoms with Gasteiger partial charge in [-0.3, -0.25) is 0 Å². The Labute approximate surface area is 118 Å². The molecule has 0 bridgehead atoms. The topological polar surface area (TPSA) is 0 Å². The summed E-state index contributed by atoms with van der Waals surface area (Å²) < 4.78 is 0. The van der Waals surface area contributed by atoms with Gasteiger partial charge in [-0.2, -0.15) is 0 Å². The van der Waals surface area contributed by atoms with E-state index in [4.69, 9.17) is 0 Å². The van der Waals surface area contributed by atoms with Gasteiger partial charge in [-0.25, -0.2) is 0 Å². The Balaban J connectivity index is 1.91. The van der Waals surface area contributed by atoms with Gasteiger partial charge in [0, 0.05) is 0 Å². The van der Waals surface area contributed by atoms with Crippen LogP contribution < -0.4 is 0 Å². The van der Waals surface area contributed by atoms with Crippen LogP contribution in [0, 0.1) is 6.07 Å². The summed E-state index contributed by atoms with van der Waals surface area (Å²) in [5.74, 6) is 0. The molecule has 0 saturated carbocycles. The Bertz CT molecular complexity index is 826. The van der Waals surface area contributed by atoms with E-state index in [0.717, 1.165) is 0 Å². The average Bonchev–Trinajstić information content (AvgIpc) is 2.54. The second-order valence-electron chi connectivity index (χ2n) is 5.05. The maximum Gasteiger partial charge on any atom is -0.0172 e. The highest BCUT2D eigenvalue weighted by Gasteiger charge is 2.01. The largest absolute Gasteiger partial charge is 0.0616 e. The molecule has 0 spiro atoms. The second-order valence-corrected chi connectivity index (χ2v) is 5.05. The zero-order valence-electron chi connectivity index (χ0n) is 11.0. The summed E-state index contributed by atoms with van der Waals surface area (Å²) in [6.07, 6.45) is 0. The van der Waals surface area contributed by atoms with Crippen LogP contribution in [0.5, 0.6) is 0 Å². The number of rotatable bonds is 1. The Morgan fingerprint density at radius 3 is 2.00 bits per heavy atom. The molecule has 4 aromatic carbocycles. The Kier molecular flexibility index (Phi) is 2.53. The minimum Gasteiger partial charge on any atom is -0.0616 e. The molecule has 0 aliphatic rings. The van der Waals surface area contributed by atoms with E-state index < -0.39 is 0 Å². The minimum atomic E-state index is 1.23. The molecule has 20 heavy (non-hydrogen) atoms. The van der Waals surface area contributed by atoms with Crippen LogP contribution in [-0.4, -0.2) is 0 Å². The van der Waals surface area contributed by atoms with Crippen LogP contribution in [0.25, 0.3) is 32.7 Å². The lowest BCUT2D eigenvalue weighted by atomic mass is 9.99. The molecule has 93 valence electrons. The quantitative estimate of drug-likeness (QED) is 0.422. The summed E-state index contributed by atoms with van der Waals surface area (Å²) >= 11 is 0. The lowest BCUT2D eigenvalue weighted by Crippen LogP contribution is -1.80. The van der Waals surface area contributed by atoms with Crippen molar-refractivity contribution in [3.05, 3.63) is 84.9 Å². The van der Waals surface area contributed by atoms with Crippen LogP contribution in [0.1, 0.15) is 0 Å². The molecular formula is C20H13. The van der Waals surface area contributed by atoms with Crippen molar-refractivity contribution in [2.24, 2.45) is 0 Å². The standard InChI is InChI=1S/C20H13/c1-3-7-17-13-19(11-9-15(17)5-1)20-12-10-16-6-2-4-8-18(16)14-20/h1-3,5-14H. The van der Waals surface area contributed by atoms with E-state index in [9.17, 15) is 0 Å². The monoisotopic (exact) mass is 253 g/mol. The normalized spacial score (nSPS) is 11.0. The maximum atomic E-state index is 3.14. The molecular weight excluding hydrogens is 240 g/mol. The van der Waals surface area contributed by atoms with Gasteiger partial charge in [0.15, 0.2) is 0 Å². The van der Waals surface area contributed by atoms with Crippen molar-refractivity contribution in [2.45, 2.75) is 0 Å². The van der Waals surface area contributed by atoms with E-state index in [0.29, 0.717) is 0 Å². The van der Waals surface area contributed by atoms with Gasteiger partial charge in [0.25, 0.3) is 0 Å². The summed E-state index contributed by atoms with van der Waals surface area (Å²) in [5, 5.41) is 5.06. The molecule has 0 atom stereocenters. The van der Waals surface area contributed by atoms with Gasteiger partial charge in [0.05, 0.1) is 0 Å². The number of benzene rings is 4. The fraction of sp³-hybridized carbons (Fsp3) is 0. The predicted molar refractivity (Wildman–Crippen MR) is 85.7 cm³/mol. The Morgan fingerprint density at radius 1 is 0.550 bits per heavy atom. The van der Waals surface area contributed by atoms with Crippen molar-refractivity contribution in [1.82, 2.24) is 0 Å². The first-order valence-electron chi connectivity index (χ1n) is 6.79. The molecule has 0 fully saturated rings. The number of hydrogen-bond acceptors (Lipinski definition) is 0. The summed E-state index contributed by atoms with van der Waals surface area (Å²) in [7, 11) is 0. The summed E-state index contributed by atoms with van der Waals surface area (Å²) in [6, 6.07) is 30.9. The van der Waals surface area contributed by atoms with Crippen molar-refractivity contribution < 1.29 is 0 Å². The fourth-order valence-electron chi connectivity index (χ4n) is 2.68. The zero-order valence-corrected chi connectivity index (χ0v) is 11.0. The maximum absolute atomic E-state index is 3.14. The zero-order chi connectivity index (χ0) is 13.4. The highest BCUT2D eigenvalue weighted by atomic mass is 14.1. The smallest absolute Gasteiger partial charge is 0.0172 e. The van der Waals surface area contributed by atoms with Crippen LogP contribution >= 0.6 is 0 Å². The highest BCUT2D eigenvalue weighted by molar-refractivity contribution is 5.91. The lowest BCUT2D eigenvalue weighted by Gasteiger charge is -2.06. The molecule has 0 nitrogen and oxygen atoms in total. The first-order valence-corrected chi connectivity index (χ1v) is 6.79. The van der Waals surface area contributed by atoms with Gasteiger partial charge in [-0.15, -0.1) is 0 Å². The van der Waals surface area contributed by atoms with Crippen molar-refractivity contribution in [3.8, 4) is 11.1 Å². The van der Waals surface area contributed by atoms with Crippen molar-refractivity contribution in [1.29, 1.82) is 0 Å². The molecule has 0 heteroatoms. The molecule has 0 N–H and O–H groups in total. The molecule has 0 aromatic heterocycles. The molecule has 0 aliphatic heterocycles. The highest BCUT2D eigenvalue weighted by Crippen LogP contribution is 2.27. The van der Waals surface area contributed by atoms with E-state index in [-0.39, 0.29) is 0 Å². The van der Waals surface area contributed by atoms with Crippen LogP contribution in [-0.2, 0) is 0 Å². The van der Waals surface area contributed by atoms with E-state index in [1.165, 1.54) is 32.7 Å². The van der Waals surface area contributed by atoms with Crippen LogP contribution in [0.2, 0.25) is 0 Å². The molecule has 4 aromatic rings. The third kappa shape index (κ3) is 1.86. The minimum absolute atomic E-state index is 1.23. The Hall–Kier alpha value is -2.60. The van der Waals surface area contributed by atoms with Gasteiger partial charge in [0.1, 0.15) is 0 Å². The van der Waals surface area contributed by atoms with Crippen molar-refractivity contribution in [2.75, 3.05) is 0 Å². The first kappa shape index (κ1) is 11.2. The lowest BCUT2D eigenvalue weighted by molar-refractivity contribution is 1.67. The van der Waals surface area contributed by atoms with E-state index in [2.05, 4.69) is 72.8 Å². The summed E-state index contributed by atoms with van der Waals surface area (Å²) in [6.45, 7) is 0. The number of hydrogen-bond donors (Lipinski definition) is 0. The van der Waals surface area contributed by atoms with Gasteiger partial charge in [-0.05, 0) is 56.9 Å². The molecule has 0 amide bonds. The van der Waals surface area contributed by atoms with Crippen LogP contribution in [0.4, 0.5) is 0 Å². The molecule has 4 rings (SSSR count). The van der Waals surface area contributed by atoms with E-state index >= 15 is 0 Å². The predicted octanol–water partition coefficient (Wildman–Crippen LogP) is 5.46. The third-order valence-corrected chi connectivity index (χ3v) is 3.77. The van der Waals surface area contributed by atoms with E-state index in [1.54, 1.807) is 0 Å². The average molecular weight is 253 g/mol. The summed E-state index contributed by atoms with van der Waals surface area (Å²) in [4.78, 5) is 0. The first-order chi connectivity index (χ1) is 9.90. The number of fused-ring (bicyclic) bond motifs is 2. The Morgan fingerprint density at radius 2 is 1.20 bits per heavy atom. The van der Waals surface area contributed by atoms with Crippen molar-refractivity contribution in [3.63, 3.8) is 0 Å². The van der Waals surface area contributed by atoms with Gasteiger partial charge in [0.2, 0.25) is 0 Å². The van der Waals surface area contributed by atoms with Crippen LogP contribution in [0.3, 0.4) is 0 Å². The SMILES string of the molecule is [c]1ccc2ccc(-c3ccc4ccccc4c3)cc2c1. The van der Waals surface area contributed by atoms with Crippen LogP contribution in [0.15, 0.2) is 78.9 Å². The molecule has 0 aliphatic carbocycles. The molecule has 0 heterocycles.